The van der Waals surface area contributed by atoms with Gasteiger partial charge in [-0.15, -0.1) is 0 Å². The van der Waals surface area contributed by atoms with Crippen LogP contribution in [0.15, 0.2) is 77.9 Å². The van der Waals surface area contributed by atoms with Crippen molar-refractivity contribution in [3.8, 4) is 0 Å². The van der Waals surface area contributed by atoms with Crippen molar-refractivity contribution < 1.29 is 14.3 Å². The average molecular weight is 402 g/mol. The van der Waals surface area contributed by atoms with Gasteiger partial charge in [-0.2, -0.15) is 0 Å². The van der Waals surface area contributed by atoms with Crippen LogP contribution in [0, 0.1) is 11.3 Å². The van der Waals surface area contributed by atoms with E-state index in [-0.39, 0.29) is 17.8 Å². The lowest BCUT2D eigenvalue weighted by Crippen LogP contribution is -2.43. The maximum atomic E-state index is 13.2. The molecule has 4 rings (SSSR count). The van der Waals surface area contributed by atoms with Crippen molar-refractivity contribution in [2.24, 2.45) is 11.3 Å². The topological polar surface area (TPSA) is 68.3 Å². The van der Waals surface area contributed by atoms with Gasteiger partial charge in [-0.1, -0.05) is 56.3 Å². The highest BCUT2D eigenvalue weighted by molar-refractivity contribution is 5.96. The van der Waals surface area contributed by atoms with E-state index >= 15 is 0 Å². The Kier molecular flexibility index (Phi) is 5.29. The largest absolute Gasteiger partial charge is 0.457 e. The van der Waals surface area contributed by atoms with E-state index in [1.807, 2.05) is 49.4 Å². The summed E-state index contributed by atoms with van der Waals surface area (Å²) in [6.07, 6.45) is 5.98. The molecule has 2 aromatic rings. The molecule has 0 fully saturated rings. The van der Waals surface area contributed by atoms with Gasteiger partial charge < -0.3 is 10.1 Å². The predicted octanol–water partition coefficient (Wildman–Crippen LogP) is 4.28. The van der Waals surface area contributed by atoms with Gasteiger partial charge in [-0.25, -0.2) is 4.79 Å². The van der Waals surface area contributed by atoms with Gasteiger partial charge in [0, 0.05) is 36.1 Å². The maximum absolute atomic E-state index is 13.2. The highest BCUT2D eigenvalue weighted by Crippen LogP contribution is 2.46. The average Bonchev–Trinajstić information content (AvgIpc) is 2.71. The highest BCUT2D eigenvalue weighted by Gasteiger charge is 2.46. The molecule has 0 bridgehead atoms. The van der Waals surface area contributed by atoms with E-state index in [9.17, 15) is 9.59 Å². The highest BCUT2D eigenvalue weighted by atomic mass is 16.5. The van der Waals surface area contributed by atoms with Gasteiger partial charge >= 0.3 is 5.97 Å². The number of carbonyl (C=O) groups excluding carboxylic acids is 2. The Labute approximate surface area is 176 Å². The Hall–Kier alpha value is -3.21. The van der Waals surface area contributed by atoms with Crippen molar-refractivity contribution in [1.82, 2.24) is 10.3 Å². The number of benzene rings is 1. The number of Topliss-reactive ketones (excluding diaryl/α,β-unsaturated/α-hetero) is 1. The fraction of sp³-hybridized carbons (Fsp3) is 0.320. The molecule has 2 heterocycles. The number of ketones is 1. The molecule has 0 radical (unpaired) electrons. The van der Waals surface area contributed by atoms with Crippen molar-refractivity contribution in [3.63, 3.8) is 0 Å². The lowest BCUT2D eigenvalue weighted by Gasteiger charge is -2.41. The van der Waals surface area contributed by atoms with Crippen molar-refractivity contribution in [2.45, 2.75) is 39.7 Å². The third-order valence-corrected chi connectivity index (χ3v) is 5.71. The summed E-state index contributed by atoms with van der Waals surface area (Å²) in [6, 6.07) is 13.3. The van der Waals surface area contributed by atoms with Crippen LogP contribution in [0.25, 0.3) is 0 Å². The normalized spacial score (nSPS) is 22.6. The number of nitrogens with zero attached hydrogens (tertiary/aromatic N) is 1. The van der Waals surface area contributed by atoms with Crippen LogP contribution < -0.4 is 5.32 Å². The SMILES string of the molecule is CC1=C(C(=O)OCc2ccccc2)C(c2cccnc2)C2C(=O)CC(C)(C)C=C2N1. The molecule has 2 atom stereocenters. The van der Waals surface area contributed by atoms with Gasteiger partial charge in [0.25, 0.3) is 0 Å². The van der Waals surface area contributed by atoms with Crippen molar-refractivity contribution >= 4 is 11.8 Å². The summed E-state index contributed by atoms with van der Waals surface area (Å²) in [6.45, 7) is 6.16. The smallest absolute Gasteiger partial charge is 0.336 e. The number of ether oxygens (including phenoxy) is 1. The number of rotatable bonds is 4. The summed E-state index contributed by atoms with van der Waals surface area (Å²) in [4.78, 5) is 30.6. The number of aromatic nitrogens is 1. The molecule has 1 N–H and O–H groups in total. The molecule has 2 unspecified atom stereocenters. The molecule has 1 aliphatic heterocycles. The molecule has 1 aliphatic carbocycles. The summed E-state index contributed by atoms with van der Waals surface area (Å²) in [5.41, 5.74) is 3.61. The van der Waals surface area contributed by atoms with E-state index in [1.54, 1.807) is 12.4 Å². The number of esters is 1. The predicted molar refractivity (Wildman–Crippen MR) is 114 cm³/mol. The minimum Gasteiger partial charge on any atom is -0.457 e. The van der Waals surface area contributed by atoms with E-state index in [2.05, 4.69) is 30.2 Å². The second-order valence-electron chi connectivity index (χ2n) is 8.70. The zero-order chi connectivity index (χ0) is 21.3. The molecular formula is C25H26N2O3. The number of allylic oxidation sites excluding steroid dienone is 3. The van der Waals surface area contributed by atoms with Crippen LogP contribution in [0.4, 0.5) is 0 Å². The number of fused-ring (bicyclic) bond motifs is 1. The molecule has 0 amide bonds. The first-order chi connectivity index (χ1) is 14.4. The van der Waals surface area contributed by atoms with E-state index in [0.717, 1.165) is 22.5 Å². The third-order valence-electron chi connectivity index (χ3n) is 5.71. The zero-order valence-electron chi connectivity index (χ0n) is 17.5. The van der Waals surface area contributed by atoms with Gasteiger partial charge in [0.15, 0.2) is 0 Å². The molecule has 30 heavy (non-hydrogen) atoms. The fourth-order valence-corrected chi connectivity index (χ4v) is 4.46. The third kappa shape index (κ3) is 3.92. The molecule has 0 saturated heterocycles. The van der Waals surface area contributed by atoms with E-state index in [4.69, 9.17) is 4.74 Å². The van der Waals surface area contributed by atoms with Crippen LogP contribution in [0.2, 0.25) is 0 Å². The first-order valence-corrected chi connectivity index (χ1v) is 10.2. The summed E-state index contributed by atoms with van der Waals surface area (Å²) >= 11 is 0. The Bertz CT molecular complexity index is 1020. The standard InChI is InChI=1S/C25H26N2O3/c1-16-21(24(29)30-15-17-8-5-4-6-9-17)22(18-10-7-11-26-14-18)23-19(27-16)12-25(2,3)13-20(23)28/h4-12,14,22-23,27H,13,15H2,1-3H3. The molecule has 154 valence electrons. The zero-order valence-corrected chi connectivity index (χ0v) is 17.5. The van der Waals surface area contributed by atoms with E-state index in [1.165, 1.54) is 0 Å². The monoisotopic (exact) mass is 402 g/mol. The molecule has 0 saturated carbocycles. The van der Waals surface area contributed by atoms with Crippen LogP contribution >= 0.6 is 0 Å². The Morgan fingerprint density at radius 2 is 1.93 bits per heavy atom. The maximum Gasteiger partial charge on any atom is 0.336 e. The second-order valence-corrected chi connectivity index (χ2v) is 8.70. The van der Waals surface area contributed by atoms with E-state index in [0.29, 0.717) is 12.0 Å². The van der Waals surface area contributed by atoms with Gasteiger partial charge in [-0.05, 0) is 29.5 Å². The quantitative estimate of drug-likeness (QED) is 0.773. The molecule has 1 aromatic carbocycles. The minimum atomic E-state index is -0.440. The van der Waals surface area contributed by atoms with Crippen molar-refractivity contribution in [2.75, 3.05) is 0 Å². The molecule has 5 nitrogen and oxygen atoms in total. The van der Waals surface area contributed by atoms with Gasteiger partial charge in [0.2, 0.25) is 0 Å². The van der Waals surface area contributed by atoms with Crippen LogP contribution in [0.3, 0.4) is 0 Å². The van der Waals surface area contributed by atoms with E-state index < -0.39 is 17.8 Å². The van der Waals surface area contributed by atoms with Gasteiger partial charge in [0.05, 0.1) is 11.5 Å². The van der Waals surface area contributed by atoms with Crippen LogP contribution in [0.1, 0.15) is 44.2 Å². The number of pyridine rings is 1. The van der Waals surface area contributed by atoms with Gasteiger partial charge in [-0.3, -0.25) is 9.78 Å². The molecule has 0 spiro atoms. The minimum absolute atomic E-state index is 0.125. The summed E-state index contributed by atoms with van der Waals surface area (Å²) in [5.74, 6) is -1.14. The Morgan fingerprint density at radius 3 is 2.63 bits per heavy atom. The van der Waals surface area contributed by atoms with Crippen molar-refractivity contribution in [3.05, 3.63) is 89.0 Å². The number of carbonyl (C=O) groups is 2. The summed E-state index contributed by atoms with van der Waals surface area (Å²) in [7, 11) is 0. The number of hydrogen-bond donors (Lipinski definition) is 1. The first-order valence-electron chi connectivity index (χ1n) is 10.2. The molecular weight excluding hydrogens is 376 g/mol. The Morgan fingerprint density at radius 1 is 1.17 bits per heavy atom. The lowest BCUT2D eigenvalue weighted by molar-refractivity contribution is -0.141. The van der Waals surface area contributed by atoms with Crippen LogP contribution in [-0.2, 0) is 20.9 Å². The number of hydrogen-bond acceptors (Lipinski definition) is 5. The van der Waals surface area contributed by atoms with Crippen LogP contribution in [0.5, 0.6) is 0 Å². The summed E-state index contributed by atoms with van der Waals surface area (Å²) < 4.78 is 5.66. The molecule has 1 aromatic heterocycles. The number of nitrogens with one attached hydrogen (secondary N) is 1. The second kappa shape index (κ2) is 7.90. The van der Waals surface area contributed by atoms with Crippen molar-refractivity contribution in [1.29, 1.82) is 0 Å². The van der Waals surface area contributed by atoms with Gasteiger partial charge in [0.1, 0.15) is 12.4 Å². The lowest BCUT2D eigenvalue weighted by atomic mass is 9.66. The molecule has 2 aliphatic rings. The molecule has 5 heteroatoms. The fourth-order valence-electron chi connectivity index (χ4n) is 4.46. The first kappa shape index (κ1) is 20.1. The van der Waals surface area contributed by atoms with Crippen LogP contribution in [-0.4, -0.2) is 16.7 Å². The Balaban J connectivity index is 1.73. The summed E-state index contributed by atoms with van der Waals surface area (Å²) in [5, 5.41) is 3.33.